The summed E-state index contributed by atoms with van der Waals surface area (Å²) in [6.07, 6.45) is 4.14. The predicted molar refractivity (Wildman–Crippen MR) is 51.0 cm³/mol. The fourth-order valence-corrected chi connectivity index (χ4v) is 1.86. The van der Waals surface area contributed by atoms with Gasteiger partial charge in [-0.05, 0) is 32.5 Å². The van der Waals surface area contributed by atoms with Crippen LogP contribution in [-0.2, 0) is 0 Å². The minimum atomic E-state index is 0.373. The van der Waals surface area contributed by atoms with Crippen molar-refractivity contribution in [2.45, 2.75) is 18.9 Å². The van der Waals surface area contributed by atoms with Gasteiger partial charge in [-0.25, -0.2) is 9.97 Å². The summed E-state index contributed by atoms with van der Waals surface area (Å²) in [4.78, 5) is 10.4. The molecule has 0 saturated carbocycles. The fourth-order valence-electron chi connectivity index (χ4n) is 1.86. The molecule has 0 bridgehead atoms. The van der Waals surface area contributed by atoms with E-state index >= 15 is 0 Å². The Balaban J connectivity index is 2.24. The maximum absolute atomic E-state index is 5.53. The normalized spacial score (nSPS) is 23.6. The molecule has 0 aromatic carbocycles. The van der Waals surface area contributed by atoms with Gasteiger partial charge in [0.05, 0.1) is 11.7 Å². The van der Waals surface area contributed by atoms with Gasteiger partial charge < -0.3 is 5.73 Å². The molecule has 13 heavy (non-hydrogen) atoms. The summed E-state index contributed by atoms with van der Waals surface area (Å²) < 4.78 is 0. The van der Waals surface area contributed by atoms with Crippen LogP contribution in [0.2, 0.25) is 0 Å². The molecule has 1 fully saturated rings. The highest BCUT2D eigenvalue weighted by atomic mass is 15.2. The topological polar surface area (TPSA) is 55.0 Å². The van der Waals surface area contributed by atoms with Crippen molar-refractivity contribution >= 4 is 5.95 Å². The van der Waals surface area contributed by atoms with Crippen molar-refractivity contribution in [2.75, 3.05) is 19.3 Å². The molecule has 1 aliphatic heterocycles. The summed E-state index contributed by atoms with van der Waals surface area (Å²) in [6, 6.07) is 2.38. The van der Waals surface area contributed by atoms with Gasteiger partial charge in [0, 0.05) is 6.20 Å². The Bertz CT molecular complexity index is 299. The third-order valence-electron chi connectivity index (χ3n) is 2.56. The highest BCUT2D eigenvalue weighted by Crippen LogP contribution is 2.28. The van der Waals surface area contributed by atoms with Crippen LogP contribution in [0.5, 0.6) is 0 Å². The van der Waals surface area contributed by atoms with Gasteiger partial charge in [-0.15, -0.1) is 0 Å². The van der Waals surface area contributed by atoms with Gasteiger partial charge in [0.25, 0.3) is 0 Å². The first-order chi connectivity index (χ1) is 6.27. The number of anilines is 1. The van der Waals surface area contributed by atoms with Crippen molar-refractivity contribution in [1.82, 2.24) is 14.9 Å². The molecule has 4 nitrogen and oxygen atoms in total. The van der Waals surface area contributed by atoms with Gasteiger partial charge >= 0.3 is 0 Å². The number of likely N-dealkylation sites (tertiary alicyclic amines) is 1. The van der Waals surface area contributed by atoms with E-state index in [1.807, 2.05) is 6.07 Å². The smallest absolute Gasteiger partial charge is 0.220 e. The molecule has 2 rings (SSSR count). The van der Waals surface area contributed by atoms with Gasteiger partial charge in [0.2, 0.25) is 5.95 Å². The lowest BCUT2D eigenvalue weighted by molar-refractivity contribution is 0.312. The van der Waals surface area contributed by atoms with Crippen LogP contribution in [0.15, 0.2) is 12.3 Å². The summed E-state index contributed by atoms with van der Waals surface area (Å²) in [5, 5.41) is 0. The summed E-state index contributed by atoms with van der Waals surface area (Å²) in [5.41, 5.74) is 6.58. The average Bonchev–Trinajstić information content (AvgIpc) is 2.51. The molecule has 0 radical (unpaired) electrons. The minimum absolute atomic E-state index is 0.373. The maximum Gasteiger partial charge on any atom is 0.220 e. The van der Waals surface area contributed by atoms with E-state index in [0.29, 0.717) is 12.0 Å². The monoisotopic (exact) mass is 178 g/mol. The second-order valence-electron chi connectivity index (χ2n) is 3.48. The highest BCUT2D eigenvalue weighted by molar-refractivity contribution is 5.19. The molecule has 1 unspecified atom stereocenters. The Hall–Kier alpha value is -1.16. The van der Waals surface area contributed by atoms with E-state index in [2.05, 4.69) is 21.9 Å². The third kappa shape index (κ3) is 1.62. The van der Waals surface area contributed by atoms with Gasteiger partial charge in [0.1, 0.15) is 0 Å². The molecule has 0 spiro atoms. The van der Waals surface area contributed by atoms with E-state index in [9.17, 15) is 0 Å². The quantitative estimate of drug-likeness (QED) is 0.692. The van der Waals surface area contributed by atoms with E-state index < -0.39 is 0 Å². The third-order valence-corrected chi connectivity index (χ3v) is 2.56. The van der Waals surface area contributed by atoms with E-state index in [1.54, 1.807) is 6.20 Å². The zero-order valence-corrected chi connectivity index (χ0v) is 7.77. The standard InChI is InChI=1S/C9H14N4/c1-13-6-2-3-8(13)7-4-5-11-9(10)12-7/h4-5,8H,2-3,6H2,1H3,(H2,10,11,12). The molecule has 2 heterocycles. The molecule has 1 aromatic heterocycles. The average molecular weight is 178 g/mol. The summed E-state index contributed by atoms with van der Waals surface area (Å²) in [7, 11) is 2.12. The molecule has 2 N–H and O–H groups in total. The summed E-state index contributed by atoms with van der Waals surface area (Å²) >= 11 is 0. The number of rotatable bonds is 1. The van der Waals surface area contributed by atoms with Crippen molar-refractivity contribution < 1.29 is 0 Å². The van der Waals surface area contributed by atoms with Crippen molar-refractivity contribution in [3.63, 3.8) is 0 Å². The largest absolute Gasteiger partial charge is 0.368 e. The zero-order chi connectivity index (χ0) is 9.26. The van der Waals surface area contributed by atoms with Gasteiger partial charge in [-0.1, -0.05) is 0 Å². The number of nitrogens with two attached hydrogens (primary N) is 1. The van der Waals surface area contributed by atoms with Crippen molar-refractivity contribution in [3.05, 3.63) is 18.0 Å². The molecule has 0 aliphatic carbocycles. The lowest BCUT2D eigenvalue weighted by atomic mass is 10.1. The van der Waals surface area contributed by atoms with Crippen LogP contribution in [0, 0.1) is 0 Å². The van der Waals surface area contributed by atoms with Gasteiger partial charge in [0.15, 0.2) is 0 Å². The Morgan fingerprint density at radius 2 is 2.46 bits per heavy atom. The molecule has 4 heteroatoms. The molecule has 1 aliphatic rings. The Kier molecular flexibility index (Phi) is 2.14. The zero-order valence-electron chi connectivity index (χ0n) is 7.77. The van der Waals surface area contributed by atoms with E-state index in [1.165, 1.54) is 12.8 Å². The van der Waals surface area contributed by atoms with E-state index in [-0.39, 0.29) is 0 Å². The fraction of sp³-hybridized carbons (Fsp3) is 0.556. The van der Waals surface area contributed by atoms with Gasteiger partial charge in [-0.3, -0.25) is 4.90 Å². The molecule has 1 atom stereocenters. The van der Waals surface area contributed by atoms with Crippen LogP contribution in [0.4, 0.5) is 5.95 Å². The number of hydrogen-bond donors (Lipinski definition) is 1. The molecular formula is C9H14N4. The Labute approximate surface area is 77.8 Å². The second-order valence-corrected chi connectivity index (χ2v) is 3.48. The molecular weight excluding hydrogens is 164 g/mol. The van der Waals surface area contributed by atoms with Gasteiger partial charge in [-0.2, -0.15) is 0 Å². The summed E-state index contributed by atoms with van der Waals surface area (Å²) in [5.74, 6) is 0.373. The van der Waals surface area contributed by atoms with Crippen LogP contribution in [0.3, 0.4) is 0 Å². The molecule has 0 amide bonds. The predicted octanol–water partition coefficient (Wildman–Crippen LogP) is 0.825. The van der Waals surface area contributed by atoms with Crippen molar-refractivity contribution in [3.8, 4) is 0 Å². The van der Waals surface area contributed by atoms with Crippen molar-refractivity contribution in [1.29, 1.82) is 0 Å². The Morgan fingerprint density at radius 3 is 3.08 bits per heavy atom. The number of nitrogen functional groups attached to an aromatic ring is 1. The lowest BCUT2D eigenvalue weighted by Gasteiger charge is -2.18. The molecule has 70 valence electrons. The highest BCUT2D eigenvalue weighted by Gasteiger charge is 2.23. The minimum Gasteiger partial charge on any atom is -0.368 e. The van der Waals surface area contributed by atoms with Crippen LogP contribution in [-0.4, -0.2) is 28.5 Å². The van der Waals surface area contributed by atoms with Crippen LogP contribution >= 0.6 is 0 Å². The van der Waals surface area contributed by atoms with Crippen LogP contribution in [0.25, 0.3) is 0 Å². The second kappa shape index (κ2) is 3.30. The first-order valence-corrected chi connectivity index (χ1v) is 4.56. The number of nitrogens with zero attached hydrogens (tertiary/aromatic N) is 3. The first-order valence-electron chi connectivity index (χ1n) is 4.56. The van der Waals surface area contributed by atoms with E-state index in [0.717, 1.165) is 12.2 Å². The number of aromatic nitrogens is 2. The molecule has 1 aromatic rings. The van der Waals surface area contributed by atoms with Crippen LogP contribution in [0.1, 0.15) is 24.6 Å². The number of hydrogen-bond acceptors (Lipinski definition) is 4. The maximum atomic E-state index is 5.53. The Morgan fingerprint density at radius 1 is 1.62 bits per heavy atom. The van der Waals surface area contributed by atoms with Crippen molar-refractivity contribution in [2.24, 2.45) is 0 Å². The van der Waals surface area contributed by atoms with Crippen LogP contribution < -0.4 is 5.73 Å². The van der Waals surface area contributed by atoms with E-state index in [4.69, 9.17) is 5.73 Å². The SMILES string of the molecule is CN1CCCC1c1ccnc(N)n1. The molecule has 1 saturated heterocycles. The lowest BCUT2D eigenvalue weighted by Crippen LogP contribution is -2.18. The first kappa shape index (κ1) is 8.44. The summed E-state index contributed by atoms with van der Waals surface area (Å²) in [6.45, 7) is 1.15.